The molecule has 9 heteroatoms. The summed E-state index contributed by atoms with van der Waals surface area (Å²) in [4.78, 5) is 4.77. The van der Waals surface area contributed by atoms with E-state index in [2.05, 4.69) is 12.0 Å². The molecule has 0 saturated heterocycles. The van der Waals surface area contributed by atoms with E-state index in [1.54, 1.807) is 7.05 Å². The second-order valence-electron chi connectivity index (χ2n) is 8.68. The summed E-state index contributed by atoms with van der Waals surface area (Å²) in [5, 5.41) is 6.99. The first-order valence-electron chi connectivity index (χ1n) is 11.4. The lowest BCUT2D eigenvalue weighted by Crippen LogP contribution is -2.38. The Balaban J connectivity index is 1.76. The van der Waals surface area contributed by atoms with Crippen LogP contribution in [0.5, 0.6) is 5.75 Å². The van der Waals surface area contributed by atoms with Crippen LogP contribution in [0.2, 0.25) is 0 Å². The molecule has 0 unspecified atom stereocenters. The normalized spacial score (nSPS) is 18.5. The van der Waals surface area contributed by atoms with Crippen LogP contribution in [0.1, 0.15) is 69.7 Å². The van der Waals surface area contributed by atoms with Crippen molar-refractivity contribution in [3.05, 3.63) is 29.2 Å². The van der Waals surface area contributed by atoms with Gasteiger partial charge in [-0.2, -0.15) is 0 Å². The second kappa shape index (κ2) is 10.7. The van der Waals surface area contributed by atoms with E-state index < -0.39 is 0 Å². The fourth-order valence-corrected chi connectivity index (χ4v) is 3.91. The first kappa shape index (κ1) is 23.1. The average Bonchev–Trinajstić information content (AvgIpc) is 3.56. The van der Waals surface area contributed by atoms with Crippen molar-refractivity contribution >= 4 is 11.5 Å². The molecule has 9 nitrogen and oxygen atoms in total. The SMILES string of the molecule is CCc1nc(/C(N)=C(\CN(N)/N=C(\N)CC2CC2)N(C)N)ccc1OC1CCCCC1. The monoisotopic (exact) mass is 430 g/mol. The Kier molecular flexibility index (Phi) is 7.97. The number of pyridine rings is 1. The summed E-state index contributed by atoms with van der Waals surface area (Å²) in [5.74, 6) is 14.1. The van der Waals surface area contributed by atoms with E-state index in [1.807, 2.05) is 12.1 Å². The van der Waals surface area contributed by atoms with Gasteiger partial charge in [-0.05, 0) is 63.0 Å². The molecule has 3 rings (SSSR count). The summed E-state index contributed by atoms with van der Waals surface area (Å²) in [6.45, 7) is 2.28. The predicted molar refractivity (Wildman–Crippen MR) is 124 cm³/mol. The average molecular weight is 431 g/mol. The largest absolute Gasteiger partial charge is 0.489 e. The van der Waals surface area contributed by atoms with Crippen LogP contribution in [-0.2, 0) is 6.42 Å². The highest BCUT2D eigenvalue weighted by Crippen LogP contribution is 2.32. The van der Waals surface area contributed by atoms with Gasteiger partial charge in [0.1, 0.15) is 11.6 Å². The molecule has 2 aliphatic carbocycles. The molecule has 2 fully saturated rings. The lowest BCUT2D eigenvalue weighted by atomic mass is 9.98. The van der Waals surface area contributed by atoms with Crippen molar-refractivity contribution in [3.63, 3.8) is 0 Å². The summed E-state index contributed by atoms with van der Waals surface area (Å²) in [5.41, 5.74) is 15.1. The number of ether oxygens (including phenoxy) is 1. The molecule has 2 saturated carbocycles. The quantitative estimate of drug-likeness (QED) is 0.191. The standard InChI is InChI=1S/C22H38N8O/c1-3-17-20(31-16-7-5-4-6-8-16)12-11-18(27-17)22(24)19(29(2)25)14-30(26)28-21(23)13-15-9-10-15/h11-12,15-16H,3-10,13-14,24-26H2,1-2H3,(H2,23,28)/b22-19-. The summed E-state index contributed by atoms with van der Waals surface area (Å²) in [6.07, 6.45) is 10.2. The molecule has 0 aromatic carbocycles. The van der Waals surface area contributed by atoms with E-state index in [1.165, 1.54) is 42.2 Å². The van der Waals surface area contributed by atoms with Crippen molar-refractivity contribution < 1.29 is 4.74 Å². The second-order valence-corrected chi connectivity index (χ2v) is 8.68. The molecule has 2 aliphatic rings. The van der Waals surface area contributed by atoms with Crippen molar-refractivity contribution in [2.24, 2.45) is 34.2 Å². The van der Waals surface area contributed by atoms with Gasteiger partial charge in [0.25, 0.3) is 0 Å². The van der Waals surface area contributed by atoms with Gasteiger partial charge in [0.15, 0.2) is 0 Å². The van der Waals surface area contributed by atoms with Crippen molar-refractivity contribution in [2.45, 2.75) is 70.8 Å². The van der Waals surface area contributed by atoms with Gasteiger partial charge in [-0.15, -0.1) is 5.10 Å². The molecular weight excluding hydrogens is 392 g/mol. The number of nitrogens with zero attached hydrogens (tertiary/aromatic N) is 4. The van der Waals surface area contributed by atoms with E-state index >= 15 is 0 Å². The summed E-state index contributed by atoms with van der Waals surface area (Å²) >= 11 is 0. The Morgan fingerprint density at radius 2 is 1.84 bits per heavy atom. The van der Waals surface area contributed by atoms with Crippen LogP contribution in [0.15, 0.2) is 22.9 Å². The van der Waals surface area contributed by atoms with Crippen molar-refractivity contribution in [3.8, 4) is 5.75 Å². The summed E-state index contributed by atoms with van der Waals surface area (Å²) in [7, 11) is 1.72. The first-order valence-corrected chi connectivity index (χ1v) is 11.4. The minimum absolute atomic E-state index is 0.216. The summed E-state index contributed by atoms with van der Waals surface area (Å²) < 4.78 is 6.25. The number of hydrogen-bond acceptors (Lipinski definition) is 8. The topological polar surface area (TPSA) is 145 Å². The third-order valence-electron chi connectivity index (χ3n) is 5.89. The number of aromatic nitrogens is 1. The molecule has 0 bridgehead atoms. The zero-order valence-corrected chi connectivity index (χ0v) is 18.9. The van der Waals surface area contributed by atoms with Crippen LogP contribution in [0, 0.1) is 5.92 Å². The van der Waals surface area contributed by atoms with Gasteiger partial charge >= 0.3 is 0 Å². The minimum Gasteiger partial charge on any atom is -0.489 e. The number of aryl methyl sites for hydroxylation is 1. The van der Waals surface area contributed by atoms with Crippen molar-refractivity contribution in [1.82, 2.24) is 15.1 Å². The Labute approximate surface area is 185 Å². The Hall–Kier alpha value is -2.52. The molecule has 0 amide bonds. The highest BCUT2D eigenvalue weighted by Gasteiger charge is 2.23. The molecule has 31 heavy (non-hydrogen) atoms. The molecule has 172 valence electrons. The Bertz CT molecular complexity index is 797. The first-order chi connectivity index (χ1) is 14.9. The van der Waals surface area contributed by atoms with Gasteiger partial charge < -0.3 is 21.2 Å². The van der Waals surface area contributed by atoms with E-state index in [-0.39, 0.29) is 12.6 Å². The van der Waals surface area contributed by atoms with Gasteiger partial charge in [-0.25, -0.2) is 21.8 Å². The molecule has 1 aromatic heterocycles. The number of rotatable bonds is 10. The molecule has 8 N–H and O–H groups in total. The van der Waals surface area contributed by atoms with Gasteiger partial charge in [0.05, 0.1) is 35.4 Å². The molecule has 0 atom stereocenters. The molecule has 0 aliphatic heterocycles. The zero-order chi connectivity index (χ0) is 22.4. The van der Waals surface area contributed by atoms with Crippen LogP contribution in [0.25, 0.3) is 5.70 Å². The van der Waals surface area contributed by atoms with Gasteiger partial charge in [0, 0.05) is 13.5 Å². The summed E-state index contributed by atoms with van der Waals surface area (Å²) in [6, 6.07) is 3.84. The highest BCUT2D eigenvalue weighted by atomic mass is 16.5. The number of hydrazone groups is 1. The minimum atomic E-state index is 0.216. The third kappa shape index (κ3) is 6.73. The number of amidine groups is 1. The maximum Gasteiger partial charge on any atom is 0.141 e. The molecular formula is C22H38N8O. The molecule has 1 heterocycles. The predicted octanol–water partition coefficient (Wildman–Crippen LogP) is 2.04. The van der Waals surface area contributed by atoms with Crippen molar-refractivity contribution in [1.29, 1.82) is 0 Å². The van der Waals surface area contributed by atoms with Crippen LogP contribution in [-0.4, -0.2) is 40.6 Å². The van der Waals surface area contributed by atoms with Crippen LogP contribution < -0.4 is 27.9 Å². The third-order valence-corrected chi connectivity index (χ3v) is 5.89. The van der Waals surface area contributed by atoms with E-state index in [0.717, 1.165) is 37.1 Å². The van der Waals surface area contributed by atoms with Gasteiger partial charge in [-0.1, -0.05) is 13.3 Å². The van der Waals surface area contributed by atoms with Crippen LogP contribution in [0.3, 0.4) is 0 Å². The lowest BCUT2D eigenvalue weighted by molar-refractivity contribution is 0.153. The number of hydrazine groups is 2. The molecule has 0 spiro atoms. The Morgan fingerprint density at radius 3 is 2.45 bits per heavy atom. The number of hydrogen-bond donors (Lipinski definition) is 4. The van der Waals surface area contributed by atoms with E-state index in [9.17, 15) is 0 Å². The lowest BCUT2D eigenvalue weighted by Gasteiger charge is -2.25. The smallest absolute Gasteiger partial charge is 0.141 e. The molecule has 1 aromatic rings. The number of likely N-dealkylation sites (N-methyl/N-ethyl adjacent to an activating group) is 1. The van der Waals surface area contributed by atoms with E-state index in [4.69, 9.17) is 32.9 Å². The number of nitrogens with two attached hydrogens (primary N) is 4. The fourth-order valence-electron chi connectivity index (χ4n) is 3.91. The fraction of sp³-hybridized carbons (Fsp3) is 0.636. The van der Waals surface area contributed by atoms with Crippen LogP contribution in [0.4, 0.5) is 0 Å². The maximum atomic E-state index is 6.46. The van der Waals surface area contributed by atoms with Gasteiger partial charge in [-0.3, -0.25) is 0 Å². The highest BCUT2D eigenvalue weighted by molar-refractivity contribution is 5.80. The van der Waals surface area contributed by atoms with E-state index in [0.29, 0.717) is 28.8 Å². The zero-order valence-electron chi connectivity index (χ0n) is 18.9. The van der Waals surface area contributed by atoms with Gasteiger partial charge in [0.2, 0.25) is 0 Å². The Morgan fingerprint density at radius 1 is 1.13 bits per heavy atom. The maximum absolute atomic E-state index is 6.46. The van der Waals surface area contributed by atoms with Crippen molar-refractivity contribution in [2.75, 3.05) is 13.6 Å². The molecule has 0 radical (unpaired) electrons. The van der Waals surface area contributed by atoms with Crippen LogP contribution >= 0.6 is 0 Å².